The molecular formula is C12H8Cl2O2. The minimum atomic E-state index is -0.250. The number of hydrogen-bond donors (Lipinski definition) is 0. The average molecular weight is 255 g/mol. The van der Waals surface area contributed by atoms with Crippen molar-refractivity contribution in [2.45, 2.75) is 0 Å². The highest BCUT2D eigenvalue weighted by Crippen LogP contribution is 2.08. The minimum Gasteiger partial charge on any atom is -0.289 e. The Morgan fingerprint density at radius 1 is 0.938 bits per heavy atom. The van der Waals surface area contributed by atoms with Crippen LogP contribution in [0.5, 0.6) is 0 Å². The van der Waals surface area contributed by atoms with E-state index in [-0.39, 0.29) is 11.6 Å². The maximum atomic E-state index is 11.5. The van der Waals surface area contributed by atoms with Crippen LogP contribution in [0.25, 0.3) is 0 Å². The van der Waals surface area contributed by atoms with Gasteiger partial charge in [-0.1, -0.05) is 41.4 Å². The maximum Gasteiger partial charge on any atom is 0.186 e. The summed E-state index contributed by atoms with van der Waals surface area (Å²) in [5.74, 6) is -0.501. The first kappa shape index (κ1) is 12.7. The summed E-state index contributed by atoms with van der Waals surface area (Å²) in [4.78, 5) is 22.9. The van der Waals surface area contributed by atoms with Crippen LogP contribution >= 0.6 is 23.2 Å². The molecule has 16 heavy (non-hydrogen) atoms. The Morgan fingerprint density at radius 3 is 1.75 bits per heavy atom. The van der Waals surface area contributed by atoms with E-state index in [1.54, 1.807) is 18.2 Å². The van der Waals surface area contributed by atoms with Crippen LogP contribution in [0.4, 0.5) is 0 Å². The first-order valence-electron chi connectivity index (χ1n) is 4.41. The molecule has 0 atom stereocenters. The van der Waals surface area contributed by atoms with Crippen LogP contribution in [0.1, 0.15) is 20.7 Å². The van der Waals surface area contributed by atoms with E-state index < -0.39 is 0 Å². The first-order valence-corrected chi connectivity index (χ1v) is 5.28. The fourth-order valence-corrected chi connectivity index (χ4v) is 1.36. The molecule has 1 aromatic carbocycles. The van der Waals surface area contributed by atoms with Crippen molar-refractivity contribution in [1.82, 2.24) is 0 Å². The Balaban J connectivity index is 3.04. The van der Waals surface area contributed by atoms with Crippen LogP contribution in [-0.2, 0) is 0 Å². The normalized spacial score (nSPS) is 11.1. The molecule has 82 valence electrons. The van der Waals surface area contributed by atoms with Gasteiger partial charge in [0.15, 0.2) is 11.6 Å². The third-order valence-corrected chi connectivity index (χ3v) is 2.11. The molecule has 0 aliphatic carbocycles. The molecule has 0 heterocycles. The summed E-state index contributed by atoms with van der Waals surface area (Å²) in [5, 5.41) is 0. The Bertz CT molecular complexity index is 423. The van der Waals surface area contributed by atoms with E-state index in [0.29, 0.717) is 11.1 Å². The Hall–Kier alpha value is -1.38. The molecule has 0 N–H and O–H groups in total. The van der Waals surface area contributed by atoms with Gasteiger partial charge in [-0.25, -0.2) is 0 Å². The highest BCUT2D eigenvalue weighted by molar-refractivity contribution is 6.28. The highest BCUT2D eigenvalue weighted by Gasteiger charge is 2.06. The highest BCUT2D eigenvalue weighted by atomic mass is 35.5. The zero-order valence-electron chi connectivity index (χ0n) is 8.19. The predicted octanol–water partition coefficient (Wildman–Crippen LogP) is 3.56. The lowest BCUT2D eigenvalue weighted by atomic mass is 10.0. The average Bonchev–Trinajstić information content (AvgIpc) is 2.30. The summed E-state index contributed by atoms with van der Waals surface area (Å²) in [5.41, 5.74) is 3.08. The second-order valence-corrected chi connectivity index (χ2v) is 3.40. The SMILES string of the molecule is O=C(/C=C/Cl)c1cccc(C(=O)/C=C/Cl)c1. The molecule has 0 spiro atoms. The van der Waals surface area contributed by atoms with E-state index in [9.17, 15) is 9.59 Å². The Morgan fingerprint density at radius 2 is 1.38 bits per heavy atom. The van der Waals surface area contributed by atoms with E-state index in [1.165, 1.54) is 18.2 Å². The fourth-order valence-electron chi connectivity index (χ4n) is 1.13. The first-order chi connectivity index (χ1) is 7.69. The van der Waals surface area contributed by atoms with Gasteiger partial charge in [0.2, 0.25) is 0 Å². The van der Waals surface area contributed by atoms with E-state index in [0.717, 1.165) is 11.1 Å². The molecule has 0 aliphatic heterocycles. The molecule has 0 radical (unpaired) electrons. The second-order valence-electron chi connectivity index (χ2n) is 2.89. The van der Waals surface area contributed by atoms with Gasteiger partial charge in [-0.2, -0.15) is 0 Å². The lowest BCUT2D eigenvalue weighted by Crippen LogP contribution is -1.99. The van der Waals surface area contributed by atoms with Crippen LogP contribution in [0, 0.1) is 0 Å². The van der Waals surface area contributed by atoms with Crippen molar-refractivity contribution < 1.29 is 9.59 Å². The van der Waals surface area contributed by atoms with Crippen LogP contribution in [0.15, 0.2) is 47.5 Å². The summed E-state index contributed by atoms with van der Waals surface area (Å²) in [6.07, 6.45) is 2.45. The van der Waals surface area contributed by atoms with Gasteiger partial charge in [-0.15, -0.1) is 0 Å². The summed E-state index contributed by atoms with van der Waals surface area (Å²) < 4.78 is 0. The van der Waals surface area contributed by atoms with Gasteiger partial charge in [0.1, 0.15) is 0 Å². The number of hydrogen-bond acceptors (Lipinski definition) is 2. The smallest absolute Gasteiger partial charge is 0.186 e. The van der Waals surface area contributed by atoms with Gasteiger partial charge >= 0.3 is 0 Å². The monoisotopic (exact) mass is 254 g/mol. The molecule has 0 saturated heterocycles. The lowest BCUT2D eigenvalue weighted by Gasteiger charge is -1.99. The van der Waals surface area contributed by atoms with Crippen molar-refractivity contribution in [3.8, 4) is 0 Å². The van der Waals surface area contributed by atoms with E-state index in [2.05, 4.69) is 0 Å². The largest absolute Gasteiger partial charge is 0.289 e. The zero-order chi connectivity index (χ0) is 12.0. The number of carbonyl (C=O) groups excluding carboxylic acids is 2. The fraction of sp³-hybridized carbons (Fsp3) is 0. The number of allylic oxidation sites excluding steroid dienone is 2. The van der Waals surface area contributed by atoms with Gasteiger partial charge in [-0.3, -0.25) is 9.59 Å². The maximum absolute atomic E-state index is 11.5. The molecule has 1 rings (SSSR count). The van der Waals surface area contributed by atoms with Gasteiger partial charge in [-0.05, 0) is 18.2 Å². The van der Waals surface area contributed by atoms with Crippen LogP contribution in [-0.4, -0.2) is 11.6 Å². The number of benzene rings is 1. The molecule has 0 aromatic heterocycles. The molecule has 4 heteroatoms. The van der Waals surface area contributed by atoms with Crippen molar-refractivity contribution in [3.63, 3.8) is 0 Å². The van der Waals surface area contributed by atoms with Crippen molar-refractivity contribution in [3.05, 3.63) is 58.6 Å². The molecule has 0 unspecified atom stereocenters. The number of halogens is 2. The van der Waals surface area contributed by atoms with Gasteiger partial charge in [0, 0.05) is 22.2 Å². The number of rotatable bonds is 4. The van der Waals surface area contributed by atoms with Gasteiger partial charge < -0.3 is 0 Å². The van der Waals surface area contributed by atoms with Crippen molar-refractivity contribution in [1.29, 1.82) is 0 Å². The van der Waals surface area contributed by atoms with Crippen LogP contribution in [0.2, 0.25) is 0 Å². The summed E-state index contributed by atoms with van der Waals surface area (Å²) in [6.45, 7) is 0. The summed E-state index contributed by atoms with van der Waals surface area (Å²) >= 11 is 10.6. The number of carbonyl (C=O) groups is 2. The van der Waals surface area contributed by atoms with Crippen LogP contribution in [0.3, 0.4) is 0 Å². The van der Waals surface area contributed by atoms with Crippen molar-refractivity contribution in [2.75, 3.05) is 0 Å². The molecule has 0 amide bonds. The molecule has 0 fully saturated rings. The third-order valence-electron chi connectivity index (χ3n) is 1.86. The Labute approximate surface area is 103 Å². The summed E-state index contributed by atoms with van der Waals surface area (Å²) in [7, 11) is 0. The number of ketones is 2. The van der Waals surface area contributed by atoms with Crippen LogP contribution < -0.4 is 0 Å². The quantitative estimate of drug-likeness (QED) is 0.609. The molecule has 0 saturated carbocycles. The minimum absolute atomic E-state index is 0.250. The lowest BCUT2D eigenvalue weighted by molar-refractivity contribution is 0.104. The molecular weight excluding hydrogens is 247 g/mol. The second kappa shape index (κ2) is 6.26. The topological polar surface area (TPSA) is 34.1 Å². The molecule has 0 bridgehead atoms. The van der Waals surface area contributed by atoms with Crippen molar-refractivity contribution in [2.24, 2.45) is 0 Å². The van der Waals surface area contributed by atoms with Gasteiger partial charge in [0.25, 0.3) is 0 Å². The molecule has 2 nitrogen and oxygen atoms in total. The summed E-state index contributed by atoms with van der Waals surface area (Å²) in [6, 6.07) is 6.35. The standard InChI is InChI=1S/C12H8Cl2O2/c13-6-4-11(15)9-2-1-3-10(8-9)12(16)5-7-14/h1-8H/b6-4+,7-5+. The van der Waals surface area contributed by atoms with Gasteiger partial charge in [0.05, 0.1) is 0 Å². The Kier molecular flexibility index (Phi) is 4.96. The molecule has 0 aliphatic rings. The van der Waals surface area contributed by atoms with Crippen molar-refractivity contribution >= 4 is 34.8 Å². The van der Waals surface area contributed by atoms with E-state index in [1.807, 2.05) is 0 Å². The van der Waals surface area contributed by atoms with E-state index >= 15 is 0 Å². The van der Waals surface area contributed by atoms with E-state index in [4.69, 9.17) is 23.2 Å². The zero-order valence-corrected chi connectivity index (χ0v) is 9.70. The third kappa shape index (κ3) is 3.33. The predicted molar refractivity (Wildman–Crippen MR) is 65.1 cm³/mol. The molecule has 1 aromatic rings.